The van der Waals surface area contributed by atoms with Crippen LogP contribution in [0.25, 0.3) is 16.9 Å². The van der Waals surface area contributed by atoms with Gasteiger partial charge in [-0.2, -0.15) is 12.8 Å². The van der Waals surface area contributed by atoms with Crippen LogP contribution in [0.4, 0.5) is 0 Å². The van der Waals surface area contributed by atoms with Gasteiger partial charge in [0.05, 0.1) is 0 Å². The SMILES string of the molecule is CCCCCCCCCCCCCCCCCCCCCCCCCCc1cccc(C2=C(CCCC)C(CCCCCCCC)=C(c3ccc(C)cc3)[N+]2=[N-])c1.[CH2-]CCCCCCCCCCCCCCCCCCCCCC.[CH2-]CCCCCCCCCCCCCCCCCCCCCC.[Ni+2]. The number of allylic oxidation sites excluding steroid dienone is 2. The fraction of sp³-hybridized carbons (Fsp3) is 0.822. The standard InChI is InChI=1S/C55H90N2.2C23H47.Ni/c1-5-8-11-13-15-16-17-18-19-20-21-22-23-24-25-26-27-28-29-30-31-32-33-35-38-49-39-37-40-51(47-49)55-52(41-10-7-3)53(42-36-34-14-12-9-6-2)54(57(55)56)50-45-43-48(4)44-46-50;2*1-3-5-7-9-11-13-15-17-19-21-23-22-20-18-16-14-12-10-8-6-4-2;/h37,39-40,43-47H,5-36,38,41-42H2,1-4H3;2*1,3-23H2,2H3;/q;2*-1;+2. The van der Waals surface area contributed by atoms with Gasteiger partial charge in [-0.1, -0.05) is 507 Å². The monoisotopic (exact) mass is 1480 g/mol. The van der Waals surface area contributed by atoms with Gasteiger partial charge in [-0.25, -0.2) is 4.70 Å². The summed E-state index contributed by atoms with van der Waals surface area (Å²) in [6.45, 7) is 21.4. The molecule has 0 fully saturated rings. The first-order valence-electron chi connectivity index (χ1n) is 47.6. The van der Waals surface area contributed by atoms with Crippen molar-refractivity contribution in [3.8, 4) is 0 Å². The third-order valence-corrected chi connectivity index (χ3v) is 23.0. The van der Waals surface area contributed by atoms with Crippen molar-refractivity contribution in [1.29, 1.82) is 0 Å². The first-order valence-corrected chi connectivity index (χ1v) is 47.6. The van der Waals surface area contributed by atoms with Crippen LogP contribution in [0.1, 0.15) is 545 Å². The van der Waals surface area contributed by atoms with Gasteiger partial charge < -0.3 is 19.4 Å². The Hall–Kier alpha value is -1.99. The van der Waals surface area contributed by atoms with E-state index in [1.54, 1.807) is 4.70 Å². The summed E-state index contributed by atoms with van der Waals surface area (Å²) < 4.78 is 1.57. The molecule has 0 N–H and O–H groups in total. The van der Waals surface area contributed by atoms with Crippen LogP contribution in [0.2, 0.25) is 0 Å². The molecule has 104 heavy (non-hydrogen) atoms. The second-order valence-electron chi connectivity index (χ2n) is 33.2. The Morgan fingerprint density at radius 1 is 0.240 bits per heavy atom. The van der Waals surface area contributed by atoms with E-state index >= 15 is 0 Å². The fourth-order valence-corrected chi connectivity index (χ4v) is 16.0. The second-order valence-corrected chi connectivity index (χ2v) is 33.2. The largest absolute Gasteiger partial charge is 2.00 e. The topological polar surface area (TPSA) is 25.3 Å². The average Bonchev–Trinajstić information content (AvgIpc) is 1.61. The van der Waals surface area contributed by atoms with Gasteiger partial charge in [-0.05, 0) is 75.3 Å². The summed E-state index contributed by atoms with van der Waals surface area (Å²) in [6.07, 6.45) is 108. The van der Waals surface area contributed by atoms with Crippen LogP contribution in [0.15, 0.2) is 59.7 Å². The van der Waals surface area contributed by atoms with Gasteiger partial charge in [0, 0.05) is 22.3 Å². The first kappa shape index (κ1) is 102. The van der Waals surface area contributed by atoms with E-state index in [0.717, 1.165) is 61.9 Å². The zero-order valence-electron chi connectivity index (χ0n) is 71.7. The number of hydrogen-bond acceptors (Lipinski definition) is 0. The molecule has 3 heteroatoms. The van der Waals surface area contributed by atoms with Gasteiger partial charge in [-0.3, -0.25) is 0 Å². The van der Waals surface area contributed by atoms with Crippen LogP contribution in [-0.4, -0.2) is 4.70 Å². The van der Waals surface area contributed by atoms with Crippen molar-refractivity contribution in [3.63, 3.8) is 0 Å². The van der Waals surface area contributed by atoms with E-state index in [2.05, 4.69) is 104 Å². The van der Waals surface area contributed by atoms with Crippen LogP contribution < -0.4 is 0 Å². The molecule has 2 nitrogen and oxygen atoms in total. The maximum atomic E-state index is 12.0. The number of rotatable bonds is 77. The number of unbranched alkanes of at least 4 members (excludes halogenated alkanes) is 69. The molecule has 608 valence electrons. The minimum Gasteiger partial charge on any atom is -0.493 e. The van der Waals surface area contributed by atoms with Crippen molar-refractivity contribution in [3.05, 3.63) is 101 Å². The third-order valence-electron chi connectivity index (χ3n) is 23.0. The normalized spacial score (nSPS) is 12.2. The molecule has 0 aliphatic carbocycles. The van der Waals surface area contributed by atoms with Crippen LogP contribution in [-0.2, 0) is 22.9 Å². The Labute approximate surface area is 665 Å². The van der Waals surface area contributed by atoms with Crippen molar-refractivity contribution >= 4 is 11.4 Å². The van der Waals surface area contributed by atoms with E-state index < -0.39 is 0 Å². The van der Waals surface area contributed by atoms with Gasteiger partial charge in [0.1, 0.15) is 0 Å². The molecule has 0 aromatic heterocycles. The Morgan fingerprint density at radius 2 is 0.452 bits per heavy atom. The zero-order valence-corrected chi connectivity index (χ0v) is 72.7. The number of hydrogen-bond donors (Lipinski definition) is 0. The van der Waals surface area contributed by atoms with E-state index in [1.807, 2.05) is 0 Å². The minimum absolute atomic E-state index is 0. The summed E-state index contributed by atoms with van der Waals surface area (Å²) >= 11 is 0. The van der Waals surface area contributed by atoms with E-state index in [9.17, 15) is 5.53 Å². The molecule has 1 heterocycles. The van der Waals surface area contributed by atoms with Crippen molar-refractivity contribution < 1.29 is 21.2 Å². The molecule has 0 unspecified atom stereocenters. The Balaban J connectivity index is 0.00000185. The van der Waals surface area contributed by atoms with Gasteiger partial charge in [0.15, 0.2) is 0 Å². The molecule has 2 aromatic carbocycles. The zero-order chi connectivity index (χ0) is 74.3. The maximum Gasteiger partial charge on any atom is 2.00 e. The van der Waals surface area contributed by atoms with Crippen LogP contribution in [0.3, 0.4) is 0 Å². The van der Waals surface area contributed by atoms with Gasteiger partial charge >= 0.3 is 16.5 Å². The molecular formula is C101H184N2Ni. The van der Waals surface area contributed by atoms with Crippen molar-refractivity contribution in [2.24, 2.45) is 0 Å². The molecule has 0 spiro atoms. The predicted octanol–water partition coefficient (Wildman–Crippen LogP) is 37.1. The number of aryl methyl sites for hydroxylation is 2. The second kappa shape index (κ2) is 83.5. The quantitative estimate of drug-likeness (QED) is 0.0273. The van der Waals surface area contributed by atoms with E-state index in [0.29, 0.717) is 0 Å². The molecule has 1 aliphatic rings. The maximum absolute atomic E-state index is 12.0. The molecule has 0 bridgehead atoms. The van der Waals surface area contributed by atoms with E-state index in [-0.39, 0.29) is 16.5 Å². The molecule has 3 rings (SSSR count). The summed E-state index contributed by atoms with van der Waals surface area (Å²) in [4.78, 5) is 0. The molecule has 0 radical (unpaired) electrons. The predicted molar refractivity (Wildman–Crippen MR) is 469 cm³/mol. The summed E-state index contributed by atoms with van der Waals surface area (Å²) in [5, 5.41) is 0. The average molecular weight is 1490 g/mol. The smallest absolute Gasteiger partial charge is 0.493 e. The van der Waals surface area contributed by atoms with E-state index in [4.69, 9.17) is 0 Å². The third kappa shape index (κ3) is 63.8. The van der Waals surface area contributed by atoms with Crippen molar-refractivity contribution in [1.82, 2.24) is 0 Å². The van der Waals surface area contributed by atoms with Gasteiger partial charge in [0.25, 0.3) is 0 Å². The van der Waals surface area contributed by atoms with Crippen LogP contribution in [0, 0.1) is 20.8 Å². The summed E-state index contributed by atoms with van der Waals surface area (Å²) in [5.41, 5.74) is 21.8. The van der Waals surface area contributed by atoms with Crippen LogP contribution in [0.5, 0.6) is 0 Å². The van der Waals surface area contributed by atoms with Gasteiger partial charge in [0.2, 0.25) is 11.4 Å². The molecule has 0 saturated heterocycles. The van der Waals surface area contributed by atoms with Gasteiger partial charge in [-0.15, -0.1) is 0 Å². The Morgan fingerprint density at radius 3 is 0.702 bits per heavy atom. The van der Waals surface area contributed by atoms with Crippen molar-refractivity contribution in [2.45, 2.75) is 536 Å². The van der Waals surface area contributed by atoms with Crippen LogP contribution >= 0.6 is 0 Å². The summed E-state index contributed by atoms with van der Waals surface area (Å²) in [7, 11) is 0. The summed E-state index contributed by atoms with van der Waals surface area (Å²) in [5.74, 6) is 0. The summed E-state index contributed by atoms with van der Waals surface area (Å²) in [6, 6.07) is 17.9. The Kier molecular flexibility index (Phi) is 81.9. The number of nitrogens with zero attached hydrogens (tertiary/aromatic N) is 2. The minimum atomic E-state index is 0. The number of benzene rings is 2. The fourth-order valence-electron chi connectivity index (χ4n) is 16.0. The van der Waals surface area contributed by atoms with Crippen molar-refractivity contribution in [2.75, 3.05) is 0 Å². The molecule has 0 saturated carbocycles. The Bertz CT molecular complexity index is 2010. The molecule has 0 amide bonds. The van der Waals surface area contributed by atoms with E-state index in [1.165, 1.54) is 477 Å². The molecule has 2 aromatic rings. The molecule has 0 atom stereocenters. The first-order chi connectivity index (χ1) is 50.9. The molecule has 1 aliphatic heterocycles. The molecular weight excluding hydrogens is 1300 g/mol.